The van der Waals surface area contributed by atoms with E-state index in [1.165, 1.54) is 0 Å². The average molecular weight is 285 g/mol. The van der Waals surface area contributed by atoms with Gasteiger partial charge >= 0.3 is 0 Å². The largest absolute Gasteiger partial charge is 0.392 e. The highest BCUT2D eigenvalue weighted by Gasteiger charge is 2.27. The number of carbonyl (C=O) groups excluding carboxylic acids is 1. The van der Waals surface area contributed by atoms with Crippen molar-refractivity contribution in [2.24, 2.45) is 5.73 Å². The summed E-state index contributed by atoms with van der Waals surface area (Å²) in [6.07, 6.45) is 3.27. The number of nitrogens with zero attached hydrogens (tertiary/aromatic N) is 2. The van der Waals surface area contributed by atoms with Crippen molar-refractivity contribution in [1.29, 1.82) is 0 Å². The lowest BCUT2D eigenvalue weighted by atomic mass is 9.97. The van der Waals surface area contributed by atoms with Crippen LogP contribution in [0.1, 0.15) is 11.5 Å². The summed E-state index contributed by atoms with van der Waals surface area (Å²) in [5.41, 5.74) is 7.31. The maximum atomic E-state index is 12.6. The van der Waals surface area contributed by atoms with Gasteiger partial charge in [0.1, 0.15) is 5.92 Å². The Morgan fingerprint density at radius 2 is 1.80 bits per heavy atom. The van der Waals surface area contributed by atoms with Crippen LogP contribution in [0.2, 0.25) is 0 Å². The number of nitrogens with two attached hydrogens (primary N) is 1. The Bertz CT molecular complexity index is 601. The number of thiocarbonyl (C=S) groups is 1. The highest BCUT2D eigenvalue weighted by atomic mass is 32.1. The summed E-state index contributed by atoms with van der Waals surface area (Å²) >= 11 is 5.06. The van der Waals surface area contributed by atoms with Crippen molar-refractivity contribution in [3.63, 3.8) is 0 Å². The molecule has 1 amide bonds. The molecule has 0 bridgehead atoms. The molecule has 1 aromatic heterocycles. The quantitative estimate of drug-likeness (QED) is 0.874. The molecule has 2 N–H and O–H groups in total. The van der Waals surface area contributed by atoms with E-state index in [2.05, 4.69) is 4.98 Å². The van der Waals surface area contributed by atoms with Gasteiger partial charge in [-0.05, 0) is 17.7 Å². The second-order valence-corrected chi connectivity index (χ2v) is 4.82. The van der Waals surface area contributed by atoms with Gasteiger partial charge in [0.25, 0.3) is 0 Å². The molecular formula is C15H15N3OS. The number of pyridine rings is 1. The van der Waals surface area contributed by atoms with Crippen LogP contribution in [0, 0.1) is 0 Å². The van der Waals surface area contributed by atoms with Gasteiger partial charge in [0.05, 0.1) is 4.99 Å². The van der Waals surface area contributed by atoms with E-state index >= 15 is 0 Å². The molecule has 0 aliphatic heterocycles. The van der Waals surface area contributed by atoms with Crippen LogP contribution in [-0.2, 0) is 4.79 Å². The minimum absolute atomic E-state index is 0.157. The molecule has 5 heteroatoms. The molecule has 0 aliphatic carbocycles. The van der Waals surface area contributed by atoms with Crippen molar-refractivity contribution in [1.82, 2.24) is 4.98 Å². The second-order valence-electron chi connectivity index (χ2n) is 4.35. The maximum Gasteiger partial charge on any atom is 0.241 e. The first-order valence-electron chi connectivity index (χ1n) is 6.13. The molecule has 0 saturated heterocycles. The first-order chi connectivity index (χ1) is 9.61. The lowest BCUT2D eigenvalue weighted by molar-refractivity contribution is -0.118. The molecule has 0 aliphatic rings. The summed E-state index contributed by atoms with van der Waals surface area (Å²) in [5.74, 6) is -0.778. The SMILES string of the molecule is CN(C(=O)C(C(N)=S)c1ccccc1)c1ccncc1. The van der Waals surface area contributed by atoms with Crippen molar-refractivity contribution in [3.8, 4) is 0 Å². The van der Waals surface area contributed by atoms with Crippen LogP contribution in [0.3, 0.4) is 0 Å². The highest BCUT2D eigenvalue weighted by Crippen LogP contribution is 2.21. The molecule has 20 heavy (non-hydrogen) atoms. The van der Waals surface area contributed by atoms with Crippen molar-refractivity contribution in [2.45, 2.75) is 5.92 Å². The van der Waals surface area contributed by atoms with Crippen LogP contribution in [0.5, 0.6) is 0 Å². The fourth-order valence-corrected chi connectivity index (χ4v) is 2.20. The number of hydrogen-bond acceptors (Lipinski definition) is 3. The number of benzene rings is 1. The predicted molar refractivity (Wildman–Crippen MR) is 83.6 cm³/mol. The van der Waals surface area contributed by atoms with Gasteiger partial charge in [-0.1, -0.05) is 42.5 Å². The summed E-state index contributed by atoms with van der Waals surface area (Å²) in [7, 11) is 1.70. The van der Waals surface area contributed by atoms with Gasteiger partial charge in [0.2, 0.25) is 5.91 Å². The molecule has 0 radical (unpaired) electrons. The third-order valence-electron chi connectivity index (χ3n) is 3.04. The van der Waals surface area contributed by atoms with Crippen molar-refractivity contribution in [3.05, 3.63) is 60.4 Å². The Hall–Kier alpha value is -2.27. The monoisotopic (exact) mass is 285 g/mol. The molecule has 1 unspecified atom stereocenters. The number of hydrogen-bond donors (Lipinski definition) is 1. The van der Waals surface area contributed by atoms with Gasteiger partial charge in [-0.15, -0.1) is 0 Å². The molecule has 0 fully saturated rings. The number of aromatic nitrogens is 1. The second kappa shape index (κ2) is 6.25. The molecule has 0 spiro atoms. The van der Waals surface area contributed by atoms with E-state index in [1.54, 1.807) is 36.5 Å². The fraction of sp³-hybridized carbons (Fsp3) is 0.133. The fourth-order valence-electron chi connectivity index (χ4n) is 1.96. The normalized spacial score (nSPS) is 11.7. The molecule has 1 heterocycles. The number of rotatable bonds is 4. The first kappa shape index (κ1) is 14.1. The standard InChI is InChI=1S/C15H15N3OS/c1-18(12-7-9-17-10-8-12)15(19)13(14(16)20)11-5-3-2-4-6-11/h2-10,13H,1H3,(H2,16,20). The lowest BCUT2D eigenvalue weighted by Gasteiger charge is -2.23. The summed E-state index contributed by atoms with van der Waals surface area (Å²) < 4.78 is 0. The van der Waals surface area contributed by atoms with Gasteiger partial charge in [-0.2, -0.15) is 0 Å². The van der Waals surface area contributed by atoms with Crippen molar-refractivity contribution < 1.29 is 4.79 Å². The third-order valence-corrected chi connectivity index (χ3v) is 3.28. The van der Waals surface area contributed by atoms with Crippen LogP contribution in [0.4, 0.5) is 5.69 Å². The van der Waals surface area contributed by atoms with Crippen molar-refractivity contribution in [2.75, 3.05) is 11.9 Å². The topological polar surface area (TPSA) is 59.2 Å². The van der Waals surface area contributed by atoms with Gasteiger partial charge in [0.15, 0.2) is 0 Å². The predicted octanol–water partition coefficient (Wildman–Crippen LogP) is 2.11. The van der Waals surface area contributed by atoms with Gasteiger partial charge in [-0.25, -0.2) is 0 Å². The van der Waals surface area contributed by atoms with E-state index in [0.717, 1.165) is 11.3 Å². The highest BCUT2D eigenvalue weighted by molar-refractivity contribution is 7.80. The van der Waals surface area contributed by atoms with Gasteiger partial charge in [-0.3, -0.25) is 9.78 Å². The van der Waals surface area contributed by atoms with Crippen LogP contribution in [-0.4, -0.2) is 22.9 Å². The van der Waals surface area contributed by atoms with Crippen LogP contribution in [0.25, 0.3) is 0 Å². The van der Waals surface area contributed by atoms with E-state index in [9.17, 15) is 4.79 Å². The van der Waals surface area contributed by atoms with E-state index in [1.807, 2.05) is 30.3 Å². The van der Waals surface area contributed by atoms with E-state index in [-0.39, 0.29) is 10.9 Å². The zero-order chi connectivity index (χ0) is 14.5. The molecular weight excluding hydrogens is 270 g/mol. The average Bonchev–Trinajstić information content (AvgIpc) is 2.48. The Morgan fingerprint density at radius 3 is 2.35 bits per heavy atom. The van der Waals surface area contributed by atoms with E-state index in [0.29, 0.717) is 0 Å². The summed E-state index contributed by atoms with van der Waals surface area (Å²) in [6, 6.07) is 12.8. The maximum absolute atomic E-state index is 12.6. The molecule has 2 aromatic rings. The first-order valence-corrected chi connectivity index (χ1v) is 6.54. The third kappa shape index (κ3) is 3.00. The summed E-state index contributed by atoms with van der Waals surface area (Å²) in [4.78, 5) is 18.3. The lowest BCUT2D eigenvalue weighted by Crippen LogP contribution is -2.37. The van der Waals surface area contributed by atoms with Crippen LogP contribution in [0.15, 0.2) is 54.9 Å². The number of amides is 1. The molecule has 1 aromatic carbocycles. The smallest absolute Gasteiger partial charge is 0.241 e. The van der Waals surface area contributed by atoms with Gasteiger partial charge in [0, 0.05) is 25.1 Å². The van der Waals surface area contributed by atoms with Crippen LogP contribution >= 0.6 is 12.2 Å². The Kier molecular flexibility index (Phi) is 4.42. The minimum Gasteiger partial charge on any atom is -0.392 e. The number of carbonyl (C=O) groups is 1. The molecule has 102 valence electrons. The zero-order valence-corrected chi connectivity index (χ0v) is 11.9. The molecule has 2 rings (SSSR count). The number of anilines is 1. The number of likely N-dealkylation sites (N-methyl/N-ethyl adjacent to an activating group) is 1. The van der Waals surface area contributed by atoms with Crippen molar-refractivity contribution >= 4 is 28.8 Å². The minimum atomic E-state index is -0.621. The van der Waals surface area contributed by atoms with E-state index in [4.69, 9.17) is 18.0 Å². The Balaban J connectivity index is 2.31. The van der Waals surface area contributed by atoms with E-state index < -0.39 is 5.92 Å². The zero-order valence-electron chi connectivity index (χ0n) is 11.1. The molecule has 0 saturated carbocycles. The molecule has 4 nitrogen and oxygen atoms in total. The molecule has 1 atom stereocenters. The summed E-state index contributed by atoms with van der Waals surface area (Å²) in [6.45, 7) is 0. The van der Waals surface area contributed by atoms with Crippen LogP contribution < -0.4 is 10.6 Å². The summed E-state index contributed by atoms with van der Waals surface area (Å²) in [5, 5.41) is 0. The Morgan fingerprint density at radius 1 is 1.20 bits per heavy atom. The van der Waals surface area contributed by atoms with Gasteiger partial charge < -0.3 is 10.6 Å². The Labute approximate surface area is 123 Å².